The molecular formula is C26H33F2N3O3. The van der Waals surface area contributed by atoms with E-state index in [9.17, 15) is 18.7 Å². The molecule has 2 aliphatic heterocycles. The molecule has 0 spiro atoms. The molecule has 34 heavy (non-hydrogen) atoms. The van der Waals surface area contributed by atoms with Crippen LogP contribution in [0.5, 0.6) is 5.75 Å². The minimum absolute atomic E-state index is 0.261. The molecule has 2 aromatic rings. The van der Waals surface area contributed by atoms with Crippen LogP contribution in [0.15, 0.2) is 36.5 Å². The number of piperidine rings is 1. The third kappa shape index (κ3) is 6.30. The molecule has 1 amide bonds. The van der Waals surface area contributed by atoms with Gasteiger partial charge in [-0.2, -0.15) is 0 Å². The van der Waals surface area contributed by atoms with Crippen molar-refractivity contribution in [3.05, 3.63) is 47.9 Å². The lowest BCUT2D eigenvalue weighted by Crippen LogP contribution is -2.41. The molecule has 1 aromatic carbocycles. The first kappa shape index (κ1) is 24.5. The number of likely N-dealkylation sites (tertiary alicyclic amines) is 2. The molecule has 2 aliphatic rings. The molecule has 0 unspecified atom stereocenters. The van der Waals surface area contributed by atoms with Gasteiger partial charge in [0.25, 0.3) is 5.91 Å². The standard InChI is InChI=1S/C26H33F2N3O3/c1-26(2,28)17-30-10-7-18(8-11-30)16-34-21-4-6-24(29-14-21)22-5-3-19(13-23(22)27)25(33)31-12-9-20(32)15-31/h3-6,13-14,18,20,32H,7-12,15-17H2,1-2H3/t20-/m0/s1. The van der Waals surface area contributed by atoms with Gasteiger partial charge in [0.05, 0.1) is 24.6 Å². The van der Waals surface area contributed by atoms with E-state index in [0.29, 0.717) is 49.0 Å². The number of aliphatic hydroxyl groups is 1. The quantitative estimate of drug-likeness (QED) is 0.660. The molecule has 1 atom stereocenters. The zero-order chi connectivity index (χ0) is 24.3. The number of carbonyl (C=O) groups is 1. The first-order chi connectivity index (χ1) is 16.2. The minimum atomic E-state index is -1.18. The first-order valence-corrected chi connectivity index (χ1v) is 12.0. The Morgan fingerprint density at radius 3 is 2.53 bits per heavy atom. The smallest absolute Gasteiger partial charge is 0.254 e. The molecule has 0 radical (unpaired) electrons. The lowest BCUT2D eigenvalue weighted by Gasteiger charge is -2.34. The SMILES string of the molecule is CC(C)(F)CN1CCC(COc2ccc(-c3ccc(C(=O)N4CC[C@H](O)C4)cc3F)nc2)CC1. The molecule has 1 N–H and O–H groups in total. The molecule has 0 aliphatic carbocycles. The number of halogens is 2. The Balaban J connectivity index is 1.30. The van der Waals surface area contributed by atoms with Crippen LogP contribution in [0.25, 0.3) is 11.3 Å². The lowest BCUT2D eigenvalue weighted by atomic mass is 9.97. The van der Waals surface area contributed by atoms with E-state index in [0.717, 1.165) is 25.9 Å². The Hall–Kier alpha value is -2.58. The number of rotatable bonds is 7. The topological polar surface area (TPSA) is 65.9 Å². The average molecular weight is 474 g/mol. The van der Waals surface area contributed by atoms with Gasteiger partial charge in [-0.15, -0.1) is 0 Å². The Kier molecular flexibility index (Phi) is 7.48. The maximum atomic E-state index is 14.8. The summed E-state index contributed by atoms with van der Waals surface area (Å²) in [6, 6.07) is 7.86. The van der Waals surface area contributed by atoms with E-state index in [1.54, 1.807) is 44.3 Å². The molecule has 6 nitrogen and oxygen atoms in total. The number of hydrogen-bond donors (Lipinski definition) is 1. The van der Waals surface area contributed by atoms with E-state index < -0.39 is 17.6 Å². The highest BCUT2D eigenvalue weighted by atomic mass is 19.1. The van der Waals surface area contributed by atoms with Gasteiger partial charge in [0.2, 0.25) is 0 Å². The maximum absolute atomic E-state index is 14.8. The summed E-state index contributed by atoms with van der Waals surface area (Å²) in [5.41, 5.74) is -0.143. The van der Waals surface area contributed by atoms with Gasteiger partial charge in [0.1, 0.15) is 17.2 Å². The largest absolute Gasteiger partial charge is 0.492 e. The average Bonchev–Trinajstić information content (AvgIpc) is 3.24. The van der Waals surface area contributed by atoms with Gasteiger partial charge in [-0.25, -0.2) is 8.78 Å². The van der Waals surface area contributed by atoms with Crippen LogP contribution in [0.1, 0.15) is 43.5 Å². The van der Waals surface area contributed by atoms with E-state index in [1.807, 2.05) is 0 Å². The molecule has 2 fully saturated rings. The molecule has 0 bridgehead atoms. The number of hydrogen-bond acceptors (Lipinski definition) is 5. The van der Waals surface area contributed by atoms with Gasteiger partial charge in [-0.05, 0) is 82.4 Å². The third-order valence-corrected chi connectivity index (χ3v) is 6.47. The number of nitrogens with zero attached hydrogens (tertiary/aromatic N) is 3. The Morgan fingerprint density at radius 2 is 1.94 bits per heavy atom. The van der Waals surface area contributed by atoms with Crippen LogP contribution in [0.3, 0.4) is 0 Å². The molecular weight excluding hydrogens is 440 g/mol. The molecule has 184 valence electrons. The molecule has 4 rings (SSSR count). The second-order valence-corrected chi connectivity index (χ2v) is 10.0. The number of amides is 1. The van der Waals surface area contributed by atoms with Crippen molar-refractivity contribution in [1.29, 1.82) is 0 Å². The van der Waals surface area contributed by atoms with Gasteiger partial charge in [0.15, 0.2) is 0 Å². The van der Waals surface area contributed by atoms with Crippen LogP contribution in [-0.2, 0) is 0 Å². The predicted octanol–water partition coefficient (Wildman–Crippen LogP) is 3.93. The molecule has 3 heterocycles. The fourth-order valence-electron chi connectivity index (χ4n) is 4.65. The first-order valence-electron chi connectivity index (χ1n) is 12.0. The highest BCUT2D eigenvalue weighted by molar-refractivity contribution is 5.95. The fraction of sp³-hybridized carbons (Fsp3) is 0.538. The second kappa shape index (κ2) is 10.4. The number of pyridine rings is 1. The Morgan fingerprint density at radius 1 is 1.18 bits per heavy atom. The Bertz CT molecular complexity index is 986. The van der Waals surface area contributed by atoms with Crippen molar-refractivity contribution in [2.24, 2.45) is 5.92 Å². The van der Waals surface area contributed by atoms with E-state index in [1.165, 1.54) is 11.0 Å². The van der Waals surface area contributed by atoms with Crippen molar-refractivity contribution < 1.29 is 23.4 Å². The number of ether oxygens (including phenoxy) is 1. The van der Waals surface area contributed by atoms with Gasteiger partial charge in [-0.3, -0.25) is 9.78 Å². The van der Waals surface area contributed by atoms with E-state index in [4.69, 9.17) is 4.74 Å². The number of aromatic nitrogens is 1. The summed E-state index contributed by atoms with van der Waals surface area (Å²) in [4.78, 5) is 20.6. The van der Waals surface area contributed by atoms with Crippen LogP contribution >= 0.6 is 0 Å². The second-order valence-electron chi connectivity index (χ2n) is 10.0. The molecule has 0 saturated carbocycles. The van der Waals surface area contributed by atoms with Crippen LogP contribution in [-0.4, -0.2) is 76.9 Å². The van der Waals surface area contributed by atoms with Crippen molar-refractivity contribution in [3.63, 3.8) is 0 Å². The highest BCUT2D eigenvalue weighted by Crippen LogP contribution is 2.26. The summed E-state index contributed by atoms with van der Waals surface area (Å²) in [6.45, 7) is 6.74. The van der Waals surface area contributed by atoms with Crippen molar-refractivity contribution in [2.45, 2.75) is 44.9 Å². The van der Waals surface area contributed by atoms with Crippen molar-refractivity contribution in [2.75, 3.05) is 39.3 Å². The summed E-state index contributed by atoms with van der Waals surface area (Å²) < 4.78 is 34.5. The van der Waals surface area contributed by atoms with Crippen LogP contribution < -0.4 is 4.74 Å². The number of benzene rings is 1. The molecule has 8 heteroatoms. The third-order valence-electron chi connectivity index (χ3n) is 6.47. The maximum Gasteiger partial charge on any atom is 0.254 e. The predicted molar refractivity (Wildman–Crippen MR) is 126 cm³/mol. The monoisotopic (exact) mass is 473 g/mol. The molecule has 2 saturated heterocycles. The summed E-state index contributed by atoms with van der Waals surface area (Å²) in [5.74, 6) is 0.238. The zero-order valence-corrected chi connectivity index (χ0v) is 19.8. The summed E-state index contributed by atoms with van der Waals surface area (Å²) in [7, 11) is 0. The van der Waals surface area contributed by atoms with Gasteiger partial charge in [0, 0.05) is 30.8 Å². The van der Waals surface area contributed by atoms with E-state index in [-0.39, 0.29) is 18.0 Å². The number of alkyl halides is 1. The van der Waals surface area contributed by atoms with Gasteiger partial charge in [-0.1, -0.05) is 0 Å². The van der Waals surface area contributed by atoms with Gasteiger partial charge < -0.3 is 19.6 Å². The summed E-state index contributed by atoms with van der Waals surface area (Å²) >= 11 is 0. The fourth-order valence-corrected chi connectivity index (χ4v) is 4.65. The van der Waals surface area contributed by atoms with Crippen LogP contribution in [0.4, 0.5) is 8.78 Å². The minimum Gasteiger partial charge on any atom is -0.492 e. The lowest BCUT2D eigenvalue weighted by molar-refractivity contribution is 0.0764. The van der Waals surface area contributed by atoms with Crippen molar-refractivity contribution in [3.8, 4) is 17.0 Å². The number of carbonyl (C=O) groups excluding carboxylic acids is 1. The highest BCUT2D eigenvalue weighted by Gasteiger charge is 2.27. The van der Waals surface area contributed by atoms with Crippen LogP contribution in [0, 0.1) is 11.7 Å². The zero-order valence-electron chi connectivity index (χ0n) is 19.8. The molecule has 1 aromatic heterocycles. The number of β-amino-alcohol motifs (C(OH)–C–C–N with tert-alkyl or cyclic N) is 1. The van der Waals surface area contributed by atoms with Crippen LogP contribution in [0.2, 0.25) is 0 Å². The summed E-state index contributed by atoms with van der Waals surface area (Å²) in [6.07, 6.45) is 3.55. The van der Waals surface area contributed by atoms with Crippen molar-refractivity contribution in [1.82, 2.24) is 14.8 Å². The van der Waals surface area contributed by atoms with Crippen molar-refractivity contribution >= 4 is 5.91 Å². The summed E-state index contributed by atoms with van der Waals surface area (Å²) in [5, 5.41) is 9.62. The van der Waals surface area contributed by atoms with Gasteiger partial charge >= 0.3 is 0 Å². The van der Waals surface area contributed by atoms with E-state index in [2.05, 4.69) is 9.88 Å². The Labute approximate surface area is 199 Å². The normalized spacial score (nSPS) is 20.0. The number of aliphatic hydroxyl groups excluding tert-OH is 1. The van der Waals surface area contributed by atoms with E-state index >= 15 is 0 Å².